The summed E-state index contributed by atoms with van der Waals surface area (Å²) < 4.78 is 1.85. The molecule has 1 saturated carbocycles. The lowest BCUT2D eigenvalue weighted by Gasteiger charge is -2.61. The molecule has 0 amide bonds. The predicted molar refractivity (Wildman–Crippen MR) is 74.3 cm³/mol. The molecule has 2 aliphatic rings. The first-order valence-corrected chi connectivity index (χ1v) is 6.87. The van der Waals surface area contributed by atoms with Crippen molar-refractivity contribution < 1.29 is 0 Å². The van der Waals surface area contributed by atoms with Gasteiger partial charge in [0, 0.05) is 36.9 Å². The molecule has 0 unspecified atom stereocenters. The van der Waals surface area contributed by atoms with Crippen LogP contribution >= 0.6 is 0 Å². The first kappa shape index (κ1) is 11.2. The van der Waals surface area contributed by atoms with Crippen LogP contribution in [0.15, 0.2) is 24.7 Å². The van der Waals surface area contributed by atoms with Gasteiger partial charge in [-0.1, -0.05) is 0 Å². The predicted octanol–water partition coefficient (Wildman–Crippen LogP) is 1.26. The standard InChI is InChI=1S/C14H19N5/c1-17(2)11-7-14(8-11)9-18(10-14)12-3-4-16-19-6-5-15-13(12)19/h3-6,11H,7-10H2,1-2H3. The van der Waals surface area contributed by atoms with Crippen molar-refractivity contribution in [2.75, 3.05) is 32.1 Å². The minimum Gasteiger partial charge on any atom is -0.367 e. The van der Waals surface area contributed by atoms with Crippen molar-refractivity contribution in [2.45, 2.75) is 18.9 Å². The Morgan fingerprint density at radius 2 is 2.05 bits per heavy atom. The maximum Gasteiger partial charge on any atom is 0.177 e. The lowest BCUT2D eigenvalue weighted by atomic mass is 9.60. The average molecular weight is 257 g/mol. The summed E-state index contributed by atoms with van der Waals surface area (Å²) in [6, 6.07) is 2.86. The molecule has 2 aromatic rings. The molecule has 1 aliphatic carbocycles. The van der Waals surface area contributed by atoms with Gasteiger partial charge in [-0.15, -0.1) is 0 Å². The third kappa shape index (κ3) is 1.57. The number of hydrogen-bond donors (Lipinski definition) is 0. The van der Waals surface area contributed by atoms with Gasteiger partial charge in [-0.05, 0) is 33.0 Å². The number of imidazole rings is 1. The van der Waals surface area contributed by atoms with Crippen LogP contribution in [0.1, 0.15) is 12.8 Å². The Kier molecular flexibility index (Phi) is 2.18. The molecule has 100 valence electrons. The Morgan fingerprint density at radius 1 is 1.26 bits per heavy atom. The minimum atomic E-state index is 0.571. The lowest BCUT2D eigenvalue weighted by molar-refractivity contribution is 0.00142. The molecule has 19 heavy (non-hydrogen) atoms. The Balaban J connectivity index is 1.51. The van der Waals surface area contributed by atoms with E-state index in [1.807, 2.05) is 23.1 Å². The molecule has 1 aliphatic heterocycles. The molecule has 0 radical (unpaired) electrons. The third-order valence-electron chi connectivity index (χ3n) is 4.74. The summed E-state index contributed by atoms with van der Waals surface area (Å²) in [5.74, 6) is 0. The van der Waals surface area contributed by atoms with Gasteiger partial charge in [0.15, 0.2) is 5.65 Å². The van der Waals surface area contributed by atoms with Crippen LogP contribution in [-0.4, -0.2) is 52.7 Å². The second-order valence-corrected chi connectivity index (χ2v) is 6.29. The van der Waals surface area contributed by atoms with E-state index < -0.39 is 0 Å². The summed E-state index contributed by atoms with van der Waals surface area (Å²) in [6.45, 7) is 2.34. The van der Waals surface area contributed by atoms with Crippen LogP contribution < -0.4 is 4.90 Å². The smallest absolute Gasteiger partial charge is 0.177 e. The molecule has 2 aromatic heterocycles. The van der Waals surface area contributed by atoms with Gasteiger partial charge in [-0.3, -0.25) is 0 Å². The first-order chi connectivity index (χ1) is 9.17. The van der Waals surface area contributed by atoms with E-state index in [1.54, 1.807) is 0 Å². The minimum absolute atomic E-state index is 0.571. The van der Waals surface area contributed by atoms with Crippen molar-refractivity contribution in [3.63, 3.8) is 0 Å². The SMILES string of the molecule is CN(C)C1CC2(C1)CN(c1ccnn3ccnc13)C2. The van der Waals surface area contributed by atoms with E-state index in [2.05, 4.69) is 40.0 Å². The van der Waals surface area contributed by atoms with Crippen LogP contribution in [0.2, 0.25) is 0 Å². The highest BCUT2D eigenvalue weighted by Gasteiger charge is 2.53. The van der Waals surface area contributed by atoms with Gasteiger partial charge < -0.3 is 9.80 Å². The first-order valence-electron chi connectivity index (χ1n) is 6.87. The Hall–Kier alpha value is -1.62. The maximum atomic E-state index is 4.41. The van der Waals surface area contributed by atoms with Gasteiger partial charge in [0.1, 0.15) is 0 Å². The number of hydrogen-bond acceptors (Lipinski definition) is 4. The number of nitrogens with zero attached hydrogens (tertiary/aromatic N) is 5. The van der Waals surface area contributed by atoms with Gasteiger partial charge in [0.25, 0.3) is 0 Å². The summed E-state index contributed by atoms with van der Waals surface area (Å²) >= 11 is 0. The molecule has 5 heteroatoms. The Bertz CT molecular complexity index is 603. The number of fused-ring (bicyclic) bond motifs is 1. The van der Waals surface area contributed by atoms with Gasteiger partial charge in [-0.25, -0.2) is 9.50 Å². The highest BCUT2D eigenvalue weighted by Crippen LogP contribution is 2.51. The van der Waals surface area contributed by atoms with Crippen molar-refractivity contribution in [3.8, 4) is 0 Å². The quantitative estimate of drug-likeness (QED) is 0.811. The van der Waals surface area contributed by atoms with E-state index in [9.17, 15) is 0 Å². The molecular weight excluding hydrogens is 238 g/mol. The number of aromatic nitrogens is 3. The van der Waals surface area contributed by atoms with Crippen molar-refractivity contribution in [1.82, 2.24) is 19.5 Å². The van der Waals surface area contributed by atoms with Crippen LogP contribution in [-0.2, 0) is 0 Å². The normalized spacial score (nSPS) is 21.9. The highest BCUT2D eigenvalue weighted by molar-refractivity contribution is 5.69. The van der Waals surface area contributed by atoms with E-state index in [4.69, 9.17) is 0 Å². The van der Waals surface area contributed by atoms with Gasteiger partial charge >= 0.3 is 0 Å². The molecule has 0 aromatic carbocycles. The fourth-order valence-corrected chi connectivity index (χ4v) is 3.57. The third-order valence-corrected chi connectivity index (χ3v) is 4.74. The summed E-state index contributed by atoms with van der Waals surface area (Å²) in [6.07, 6.45) is 8.25. The zero-order valence-corrected chi connectivity index (χ0v) is 11.5. The van der Waals surface area contributed by atoms with Crippen molar-refractivity contribution in [2.24, 2.45) is 5.41 Å². The molecule has 2 fully saturated rings. The van der Waals surface area contributed by atoms with E-state index in [-0.39, 0.29) is 0 Å². The van der Waals surface area contributed by atoms with Crippen molar-refractivity contribution in [1.29, 1.82) is 0 Å². The average Bonchev–Trinajstić information content (AvgIpc) is 2.73. The summed E-state index contributed by atoms with van der Waals surface area (Å²) in [5, 5.41) is 4.27. The molecule has 3 heterocycles. The molecule has 1 spiro atoms. The van der Waals surface area contributed by atoms with E-state index in [0.717, 1.165) is 11.7 Å². The number of rotatable bonds is 2. The lowest BCUT2D eigenvalue weighted by Crippen LogP contribution is -2.66. The molecule has 0 atom stereocenters. The van der Waals surface area contributed by atoms with Crippen molar-refractivity contribution in [3.05, 3.63) is 24.7 Å². The number of anilines is 1. The Labute approximate surface area is 112 Å². The van der Waals surface area contributed by atoms with Crippen LogP contribution in [0.4, 0.5) is 5.69 Å². The van der Waals surface area contributed by atoms with E-state index >= 15 is 0 Å². The monoisotopic (exact) mass is 257 g/mol. The molecule has 4 rings (SSSR count). The zero-order chi connectivity index (χ0) is 13.0. The van der Waals surface area contributed by atoms with Crippen LogP contribution in [0.25, 0.3) is 5.65 Å². The summed E-state index contributed by atoms with van der Waals surface area (Å²) in [5.41, 5.74) is 2.77. The Morgan fingerprint density at radius 3 is 2.79 bits per heavy atom. The maximum absolute atomic E-state index is 4.41. The summed E-state index contributed by atoms with van der Waals surface area (Å²) in [7, 11) is 4.37. The van der Waals surface area contributed by atoms with E-state index in [1.165, 1.54) is 31.6 Å². The highest BCUT2D eigenvalue weighted by atomic mass is 15.3. The summed E-state index contributed by atoms with van der Waals surface area (Å²) in [4.78, 5) is 9.20. The molecular formula is C14H19N5. The second kappa shape index (κ2) is 3.70. The van der Waals surface area contributed by atoms with Crippen LogP contribution in [0.3, 0.4) is 0 Å². The van der Waals surface area contributed by atoms with E-state index in [0.29, 0.717) is 5.41 Å². The molecule has 5 nitrogen and oxygen atoms in total. The molecule has 1 saturated heterocycles. The van der Waals surface area contributed by atoms with Crippen LogP contribution in [0.5, 0.6) is 0 Å². The van der Waals surface area contributed by atoms with Gasteiger partial charge in [0.2, 0.25) is 0 Å². The van der Waals surface area contributed by atoms with Gasteiger partial charge in [-0.2, -0.15) is 5.10 Å². The van der Waals surface area contributed by atoms with Crippen LogP contribution in [0, 0.1) is 5.41 Å². The topological polar surface area (TPSA) is 36.7 Å². The molecule has 0 bridgehead atoms. The fourth-order valence-electron chi connectivity index (χ4n) is 3.57. The fraction of sp³-hybridized carbons (Fsp3) is 0.571. The second-order valence-electron chi connectivity index (χ2n) is 6.29. The largest absolute Gasteiger partial charge is 0.367 e. The molecule has 0 N–H and O–H groups in total. The zero-order valence-electron chi connectivity index (χ0n) is 11.5. The van der Waals surface area contributed by atoms with Crippen molar-refractivity contribution >= 4 is 11.3 Å². The van der Waals surface area contributed by atoms with Gasteiger partial charge in [0.05, 0.1) is 11.9 Å².